The number of rotatable bonds is 5. The van der Waals surface area contributed by atoms with E-state index in [0.29, 0.717) is 12.3 Å². The minimum Gasteiger partial charge on any atom is -0.497 e. The van der Waals surface area contributed by atoms with Crippen molar-refractivity contribution >= 4 is 11.6 Å². The molecule has 1 unspecified atom stereocenters. The van der Waals surface area contributed by atoms with Crippen LogP contribution in [0.5, 0.6) is 5.75 Å². The third kappa shape index (κ3) is 3.59. The fraction of sp³-hybridized carbons (Fsp3) is 0.600. The van der Waals surface area contributed by atoms with E-state index in [9.17, 15) is 8.78 Å². The highest BCUT2D eigenvalue weighted by Gasteiger charge is 2.22. The molecule has 1 fully saturated rings. The van der Waals surface area contributed by atoms with Gasteiger partial charge in [0.1, 0.15) is 17.4 Å². The van der Waals surface area contributed by atoms with Crippen molar-refractivity contribution in [3.8, 4) is 5.75 Å². The maximum absolute atomic E-state index is 13.8. The van der Waals surface area contributed by atoms with Gasteiger partial charge in [-0.15, -0.1) is 11.6 Å². The van der Waals surface area contributed by atoms with Crippen LogP contribution < -0.4 is 4.74 Å². The Morgan fingerprint density at radius 1 is 1.26 bits per heavy atom. The van der Waals surface area contributed by atoms with E-state index < -0.39 is 17.0 Å². The molecule has 0 bridgehead atoms. The second-order valence-electron chi connectivity index (χ2n) is 5.20. The first-order chi connectivity index (χ1) is 9.11. The van der Waals surface area contributed by atoms with Gasteiger partial charge in [0.2, 0.25) is 0 Å². The summed E-state index contributed by atoms with van der Waals surface area (Å²) in [5.41, 5.74) is -0.0273. The lowest BCUT2D eigenvalue weighted by Gasteiger charge is -2.15. The molecule has 0 heterocycles. The van der Waals surface area contributed by atoms with Gasteiger partial charge in [0.05, 0.1) is 12.5 Å². The van der Waals surface area contributed by atoms with Gasteiger partial charge in [-0.25, -0.2) is 8.78 Å². The maximum atomic E-state index is 13.8. The monoisotopic (exact) mass is 288 g/mol. The molecule has 1 nitrogen and oxygen atoms in total. The van der Waals surface area contributed by atoms with Crippen molar-refractivity contribution in [1.82, 2.24) is 0 Å². The van der Waals surface area contributed by atoms with Crippen molar-refractivity contribution in [2.45, 2.75) is 43.9 Å². The Hall–Kier alpha value is -0.830. The zero-order valence-electron chi connectivity index (χ0n) is 11.1. The molecule has 2 rings (SSSR count). The molecule has 0 N–H and O–H groups in total. The largest absolute Gasteiger partial charge is 0.497 e. The van der Waals surface area contributed by atoms with Crippen molar-refractivity contribution in [1.29, 1.82) is 0 Å². The van der Waals surface area contributed by atoms with Crippen LogP contribution in [0.4, 0.5) is 8.78 Å². The van der Waals surface area contributed by atoms with Crippen LogP contribution in [0.1, 0.15) is 49.5 Å². The lowest BCUT2D eigenvalue weighted by molar-refractivity contribution is 0.403. The lowest BCUT2D eigenvalue weighted by Crippen LogP contribution is -2.03. The third-order valence-electron chi connectivity index (χ3n) is 3.90. The van der Waals surface area contributed by atoms with Gasteiger partial charge in [0.15, 0.2) is 0 Å². The quantitative estimate of drug-likeness (QED) is 0.675. The topological polar surface area (TPSA) is 9.23 Å². The summed E-state index contributed by atoms with van der Waals surface area (Å²) in [6, 6.07) is 2.37. The third-order valence-corrected chi connectivity index (χ3v) is 4.34. The van der Waals surface area contributed by atoms with Crippen molar-refractivity contribution in [2.75, 3.05) is 7.11 Å². The molecule has 1 atom stereocenters. The van der Waals surface area contributed by atoms with Gasteiger partial charge < -0.3 is 4.74 Å². The lowest BCUT2D eigenvalue weighted by atomic mass is 9.97. The van der Waals surface area contributed by atoms with E-state index in [0.717, 1.165) is 6.42 Å². The Morgan fingerprint density at radius 2 is 1.84 bits per heavy atom. The van der Waals surface area contributed by atoms with Crippen LogP contribution in [-0.2, 0) is 0 Å². The summed E-state index contributed by atoms with van der Waals surface area (Å²) in [6.07, 6.45) is 6.53. The second kappa shape index (κ2) is 6.56. The molecule has 1 aromatic carbocycles. The SMILES string of the molecule is COc1cc(F)c(C(Cl)CCC2CCCC2)c(F)c1. The summed E-state index contributed by atoms with van der Waals surface area (Å²) < 4.78 is 32.5. The highest BCUT2D eigenvalue weighted by molar-refractivity contribution is 6.20. The second-order valence-corrected chi connectivity index (χ2v) is 5.73. The standard InChI is InChI=1S/C15H19ClF2O/c1-19-11-8-13(17)15(14(18)9-11)12(16)7-6-10-4-2-3-5-10/h8-10,12H,2-7H2,1H3. The van der Waals surface area contributed by atoms with Gasteiger partial charge >= 0.3 is 0 Å². The Morgan fingerprint density at radius 3 is 2.37 bits per heavy atom. The molecule has 19 heavy (non-hydrogen) atoms. The van der Waals surface area contributed by atoms with Crippen LogP contribution in [0, 0.1) is 17.6 Å². The average molecular weight is 289 g/mol. The first kappa shape index (κ1) is 14.6. The molecule has 1 aliphatic carbocycles. The normalized spacial score (nSPS) is 17.7. The fourth-order valence-electron chi connectivity index (χ4n) is 2.80. The molecule has 0 radical (unpaired) electrons. The highest BCUT2D eigenvalue weighted by Crippen LogP contribution is 2.36. The van der Waals surface area contributed by atoms with Crippen molar-refractivity contribution in [3.63, 3.8) is 0 Å². The molecular weight excluding hydrogens is 270 g/mol. The van der Waals surface area contributed by atoms with E-state index in [1.165, 1.54) is 44.9 Å². The maximum Gasteiger partial charge on any atom is 0.134 e. The molecule has 0 spiro atoms. The van der Waals surface area contributed by atoms with Crippen LogP contribution >= 0.6 is 11.6 Å². The first-order valence-corrected chi connectivity index (χ1v) is 7.22. The molecule has 0 aliphatic heterocycles. The van der Waals surface area contributed by atoms with E-state index >= 15 is 0 Å². The smallest absolute Gasteiger partial charge is 0.134 e. The Bertz CT molecular complexity index is 407. The summed E-state index contributed by atoms with van der Waals surface area (Å²) in [5.74, 6) is -0.393. The van der Waals surface area contributed by atoms with Crippen molar-refractivity contribution < 1.29 is 13.5 Å². The Labute approximate surface area is 117 Å². The van der Waals surface area contributed by atoms with Crippen LogP contribution in [0.3, 0.4) is 0 Å². The predicted octanol–water partition coefficient (Wildman–Crippen LogP) is 5.22. The van der Waals surface area contributed by atoms with Crippen LogP contribution in [0.15, 0.2) is 12.1 Å². The van der Waals surface area contributed by atoms with Gasteiger partial charge in [-0.05, 0) is 18.8 Å². The molecular formula is C15H19ClF2O. The molecule has 1 aliphatic rings. The van der Waals surface area contributed by atoms with E-state index in [2.05, 4.69) is 0 Å². The minimum atomic E-state index is -0.622. The molecule has 0 saturated heterocycles. The Kier molecular flexibility index (Phi) is 5.03. The zero-order valence-corrected chi connectivity index (χ0v) is 11.9. The number of methoxy groups -OCH3 is 1. The predicted molar refractivity (Wildman–Crippen MR) is 72.7 cm³/mol. The van der Waals surface area contributed by atoms with Gasteiger partial charge in [-0.1, -0.05) is 25.7 Å². The highest BCUT2D eigenvalue weighted by atomic mass is 35.5. The summed E-state index contributed by atoms with van der Waals surface area (Å²) in [5, 5.41) is -0.605. The van der Waals surface area contributed by atoms with Gasteiger partial charge in [-0.2, -0.15) is 0 Å². The molecule has 1 saturated carbocycles. The van der Waals surface area contributed by atoms with E-state index in [1.807, 2.05) is 0 Å². The Balaban J connectivity index is 2.03. The summed E-state index contributed by atoms with van der Waals surface area (Å²) in [4.78, 5) is 0. The van der Waals surface area contributed by atoms with E-state index in [1.54, 1.807) is 0 Å². The van der Waals surface area contributed by atoms with Gasteiger partial charge in [0, 0.05) is 17.7 Å². The molecule has 106 valence electrons. The van der Waals surface area contributed by atoms with Crippen molar-refractivity contribution in [2.24, 2.45) is 5.92 Å². The average Bonchev–Trinajstić information content (AvgIpc) is 2.88. The van der Waals surface area contributed by atoms with Gasteiger partial charge in [-0.3, -0.25) is 0 Å². The van der Waals surface area contributed by atoms with Crippen LogP contribution in [-0.4, -0.2) is 7.11 Å². The number of alkyl halides is 1. The van der Waals surface area contributed by atoms with Crippen LogP contribution in [0.25, 0.3) is 0 Å². The number of halogens is 3. The number of benzene rings is 1. The number of hydrogen-bond donors (Lipinski definition) is 0. The number of ether oxygens (including phenoxy) is 1. The first-order valence-electron chi connectivity index (χ1n) is 6.78. The molecule has 0 aromatic heterocycles. The summed E-state index contributed by atoms with van der Waals surface area (Å²) in [6.45, 7) is 0. The fourth-order valence-corrected chi connectivity index (χ4v) is 3.14. The molecule has 0 amide bonds. The number of hydrogen-bond acceptors (Lipinski definition) is 1. The van der Waals surface area contributed by atoms with Gasteiger partial charge in [0.25, 0.3) is 0 Å². The van der Waals surface area contributed by atoms with E-state index in [-0.39, 0.29) is 11.3 Å². The summed E-state index contributed by atoms with van der Waals surface area (Å²) in [7, 11) is 1.38. The van der Waals surface area contributed by atoms with Crippen LogP contribution in [0.2, 0.25) is 0 Å². The van der Waals surface area contributed by atoms with Crippen molar-refractivity contribution in [3.05, 3.63) is 29.3 Å². The summed E-state index contributed by atoms with van der Waals surface area (Å²) >= 11 is 6.17. The molecule has 4 heteroatoms. The minimum absolute atomic E-state index is 0.0273. The molecule has 1 aromatic rings. The van der Waals surface area contributed by atoms with E-state index in [4.69, 9.17) is 16.3 Å². The zero-order chi connectivity index (χ0) is 13.8.